The van der Waals surface area contributed by atoms with E-state index in [1.54, 1.807) is 0 Å². The molecule has 1 saturated heterocycles. The molecule has 2 unspecified atom stereocenters. The summed E-state index contributed by atoms with van der Waals surface area (Å²) in [5.41, 5.74) is 0. The van der Waals surface area contributed by atoms with Gasteiger partial charge in [-0.1, -0.05) is 0 Å². The summed E-state index contributed by atoms with van der Waals surface area (Å²) in [5.74, 6) is 5.21. The van der Waals surface area contributed by atoms with Gasteiger partial charge in [0.05, 0.1) is 0 Å². The molecule has 14 heavy (non-hydrogen) atoms. The number of nitrogens with one attached hydrogen (secondary N) is 1. The highest BCUT2D eigenvalue weighted by Gasteiger charge is 2.26. The van der Waals surface area contributed by atoms with E-state index in [0.717, 1.165) is 12.8 Å². The zero-order valence-electron chi connectivity index (χ0n) is 9.12. The lowest BCUT2D eigenvalue weighted by Crippen LogP contribution is -2.51. The van der Waals surface area contributed by atoms with Crippen LogP contribution in [0.25, 0.3) is 0 Å². The predicted octanol–water partition coefficient (Wildman–Crippen LogP) is 1.03. The van der Waals surface area contributed by atoms with Crippen LogP contribution in [0.5, 0.6) is 0 Å². The Balaban J connectivity index is 2.45. The molecule has 0 aromatic heterocycles. The van der Waals surface area contributed by atoms with E-state index < -0.39 is 0 Å². The fraction of sp³-hybridized carbons (Fsp3) is 0.818. The van der Waals surface area contributed by atoms with Crippen molar-refractivity contribution < 1.29 is 0 Å². The van der Waals surface area contributed by atoms with E-state index in [9.17, 15) is 0 Å². The van der Waals surface area contributed by atoms with E-state index in [1.165, 1.54) is 18.1 Å². The van der Waals surface area contributed by atoms with Gasteiger partial charge in [-0.3, -0.25) is 0 Å². The molecule has 0 aromatic rings. The topological polar surface area (TPSA) is 15.3 Å². The fourth-order valence-corrected chi connectivity index (χ4v) is 3.21. The molecule has 1 heterocycles. The van der Waals surface area contributed by atoms with E-state index in [2.05, 4.69) is 34.9 Å². The van der Waals surface area contributed by atoms with Crippen molar-refractivity contribution in [3.05, 3.63) is 0 Å². The van der Waals surface area contributed by atoms with Gasteiger partial charge in [0.2, 0.25) is 0 Å². The molecule has 0 bridgehead atoms. The molecule has 0 aromatic carbocycles. The number of likely N-dealkylation sites (N-methyl/N-ethyl adjacent to an activating group) is 2. The van der Waals surface area contributed by atoms with Crippen LogP contribution >= 0.6 is 11.8 Å². The summed E-state index contributed by atoms with van der Waals surface area (Å²) in [7, 11) is 4.25. The molecule has 0 amide bonds. The first kappa shape index (κ1) is 11.9. The van der Waals surface area contributed by atoms with E-state index in [1.807, 2.05) is 7.05 Å². The third-order valence-electron chi connectivity index (χ3n) is 2.88. The molecule has 1 aliphatic heterocycles. The summed E-state index contributed by atoms with van der Waals surface area (Å²) in [6, 6.07) is 1.19. The minimum atomic E-state index is 0.545. The first-order valence-corrected chi connectivity index (χ1v) is 6.33. The molecule has 3 heteroatoms. The summed E-state index contributed by atoms with van der Waals surface area (Å²) in [4.78, 5) is 2.45. The summed E-state index contributed by atoms with van der Waals surface area (Å²) in [5, 5.41) is 3.39. The van der Waals surface area contributed by atoms with Crippen LogP contribution in [0, 0.1) is 12.3 Å². The molecular weight excluding hydrogens is 192 g/mol. The molecule has 0 saturated carbocycles. The van der Waals surface area contributed by atoms with Gasteiger partial charge in [0.1, 0.15) is 0 Å². The Morgan fingerprint density at radius 1 is 1.71 bits per heavy atom. The molecule has 1 rings (SSSR count). The van der Waals surface area contributed by atoms with Gasteiger partial charge in [-0.15, -0.1) is 12.3 Å². The second-order valence-electron chi connectivity index (χ2n) is 3.76. The maximum absolute atomic E-state index is 5.30. The Morgan fingerprint density at radius 2 is 2.50 bits per heavy atom. The summed E-state index contributed by atoms with van der Waals surface area (Å²) in [6.07, 6.45) is 7.26. The lowest BCUT2D eigenvalue weighted by molar-refractivity contribution is 0.214. The van der Waals surface area contributed by atoms with Crippen molar-refractivity contribution in [3.8, 4) is 12.3 Å². The Labute approximate surface area is 91.8 Å². The second kappa shape index (κ2) is 6.34. The van der Waals surface area contributed by atoms with Gasteiger partial charge in [-0.2, -0.15) is 11.8 Å². The van der Waals surface area contributed by atoms with Crippen LogP contribution in [0.2, 0.25) is 0 Å². The SMILES string of the molecule is C#CCCC(NC)C1CSCCN1C. The molecule has 0 aliphatic carbocycles. The van der Waals surface area contributed by atoms with Gasteiger partial charge in [-0.25, -0.2) is 0 Å². The van der Waals surface area contributed by atoms with E-state index >= 15 is 0 Å². The summed E-state index contributed by atoms with van der Waals surface area (Å²) < 4.78 is 0. The van der Waals surface area contributed by atoms with E-state index in [-0.39, 0.29) is 0 Å². The first-order valence-electron chi connectivity index (χ1n) is 5.18. The molecule has 0 spiro atoms. The largest absolute Gasteiger partial charge is 0.315 e. The smallest absolute Gasteiger partial charge is 0.0337 e. The molecule has 2 atom stereocenters. The van der Waals surface area contributed by atoms with Gasteiger partial charge in [0, 0.05) is 36.6 Å². The predicted molar refractivity (Wildman–Crippen MR) is 64.7 cm³/mol. The number of nitrogens with zero attached hydrogens (tertiary/aromatic N) is 1. The van der Waals surface area contributed by atoms with Crippen LogP contribution in [0.3, 0.4) is 0 Å². The van der Waals surface area contributed by atoms with Gasteiger partial charge >= 0.3 is 0 Å². The number of rotatable bonds is 4. The van der Waals surface area contributed by atoms with E-state index in [4.69, 9.17) is 6.42 Å². The normalized spacial score (nSPS) is 25.6. The maximum atomic E-state index is 5.30. The van der Waals surface area contributed by atoms with Crippen LogP contribution in [-0.2, 0) is 0 Å². The molecule has 1 aliphatic rings. The summed E-state index contributed by atoms with van der Waals surface area (Å²) >= 11 is 2.05. The van der Waals surface area contributed by atoms with Crippen LogP contribution < -0.4 is 5.32 Å². The Kier molecular flexibility index (Phi) is 5.39. The minimum Gasteiger partial charge on any atom is -0.315 e. The van der Waals surface area contributed by atoms with Gasteiger partial charge < -0.3 is 10.2 Å². The molecule has 1 N–H and O–H groups in total. The van der Waals surface area contributed by atoms with Gasteiger partial charge in [-0.05, 0) is 20.5 Å². The van der Waals surface area contributed by atoms with Gasteiger partial charge in [0.25, 0.3) is 0 Å². The highest BCUT2D eigenvalue weighted by atomic mass is 32.2. The van der Waals surface area contributed by atoms with Crippen molar-refractivity contribution >= 4 is 11.8 Å². The zero-order chi connectivity index (χ0) is 10.4. The second-order valence-corrected chi connectivity index (χ2v) is 4.91. The lowest BCUT2D eigenvalue weighted by Gasteiger charge is -2.37. The van der Waals surface area contributed by atoms with Crippen LogP contribution in [-0.4, -0.2) is 49.1 Å². The summed E-state index contributed by atoms with van der Waals surface area (Å²) in [6.45, 7) is 1.20. The molecule has 80 valence electrons. The highest BCUT2D eigenvalue weighted by Crippen LogP contribution is 2.19. The van der Waals surface area contributed by atoms with Crippen molar-refractivity contribution in [2.75, 3.05) is 32.1 Å². The van der Waals surface area contributed by atoms with Crippen LogP contribution in [0.15, 0.2) is 0 Å². The first-order chi connectivity index (χ1) is 6.79. The Bertz CT molecular complexity index is 200. The fourth-order valence-electron chi connectivity index (χ4n) is 1.90. The molecule has 1 fully saturated rings. The maximum Gasteiger partial charge on any atom is 0.0337 e. The molecular formula is C11H20N2S. The van der Waals surface area contributed by atoms with Crippen molar-refractivity contribution in [2.24, 2.45) is 0 Å². The molecule has 2 nitrogen and oxygen atoms in total. The number of terminal acetylenes is 1. The van der Waals surface area contributed by atoms with Crippen LogP contribution in [0.4, 0.5) is 0 Å². The number of hydrogen-bond acceptors (Lipinski definition) is 3. The third-order valence-corrected chi connectivity index (χ3v) is 3.93. The number of hydrogen-bond donors (Lipinski definition) is 1. The van der Waals surface area contributed by atoms with Crippen LogP contribution in [0.1, 0.15) is 12.8 Å². The monoisotopic (exact) mass is 212 g/mol. The standard InChI is InChI=1S/C11H20N2S/c1-4-5-6-10(12-2)11-9-14-8-7-13(11)3/h1,10-12H,5-9H2,2-3H3. The average Bonchev–Trinajstić information content (AvgIpc) is 2.21. The minimum absolute atomic E-state index is 0.545. The van der Waals surface area contributed by atoms with Crippen molar-refractivity contribution in [1.29, 1.82) is 0 Å². The van der Waals surface area contributed by atoms with Crippen molar-refractivity contribution in [3.63, 3.8) is 0 Å². The number of thioether (sulfide) groups is 1. The van der Waals surface area contributed by atoms with Gasteiger partial charge in [0.15, 0.2) is 0 Å². The van der Waals surface area contributed by atoms with Crippen molar-refractivity contribution in [2.45, 2.75) is 24.9 Å². The Morgan fingerprint density at radius 3 is 3.07 bits per heavy atom. The quantitative estimate of drug-likeness (QED) is 0.701. The lowest BCUT2D eigenvalue weighted by atomic mass is 10.0. The zero-order valence-corrected chi connectivity index (χ0v) is 9.94. The van der Waals surface area contributed by atoms with Crippen molar-refractivity contribution in [1.82, 2.24) is 10.2 Å². The third kappa shape index (κ3) is 3.20. The highest BCUT2D eigenvalue weighted by molar-refractivity contribution is 7.99. The molecule has 0 radical (unpaired) electrons. The van der Waals surface area contributed by atoms with E-state index in [0.29, 0.717) is 12.1 Å². The Hall–Kier alpha value is -0.170. The average molecular weight is 212 g/mol.